The van der Waals surface area contributed by atoms with Crippen molar-refractivity contribution < 1.29 is 4.74 Å². The second-order valence-electron chi connectivity index (χ2n) is 7.78. The lowest BCUT2D eigenvalue weighted by molar-refractivity contribution is 0.0770. The first-order valence-corrected chi connectivity index (χ1v) is 13.3. The van der Waals surface area contributed by atoms with Gasteiger partial charge in [-0.3, -0.25) is 0 Å². The molecule has 0 N–H and O–H groups in total. The summed E-state index contributed by atoms with van der Waals surface area (Å²) in [4.78, 5) is 4.74. The zero-order chi connectivity index (χ0) is 18.2. The van der Waals surface area contributed by atoms with E-state index in [0.29, 0.717) is 6.73 Å². The number of aromatic nitrogens is 3. The number of para-hydroxylation sites is 1. The zero-order valence-electron chi connectivity index (χ0n) is 16.0. The van der Waals surface area contributed by atoms with E-state index >= 15 is 0 Å². The number of fused-ring (bicyclic) bond motifs is 1. The van der Waals surface area contributed by atoms with Crippen LogP contribution in [0.1, 0.15) is 16.4 Å². The van der Waals surface area contributed by atoms with Gasteiger partial charge in [0.05, 0.1) is 20.9 Å². The SMILES string of the molecule is Cc1nc2c(-c3c(C)nn(COCC[Si](C)(C)C)c3C)cccc2s1. The average Bonchev–Trinajstić information content (AvgIpc) is 3.02. The number of nitrogens with zero attached hydrogens (tertiary/aromatic N) is 3. The Bertz CT molecular complexity index is 892. The normalized spacial score (nSPS) is 12.2. The van der Waals surface area contributed by atoms with Gasteiger partial charge in [-0.15, -0.1) is 11.3 Å². The number of ether oxygens (including phenoxy) is 1. The highest BCUT2D eigenvalue weighted by atomic mass is 32.1. The standard InChI is InChI=1S/C19H27N3OSSi/c1-13-18(16-8-7-9-17-19(16)20-15(3)24-17)14(2)22(21-13)12-23-10-11-25(4,5)6/h7-9H,10-12H2,1-6H3. The third-order valence-corrected chi connectivity index (χ3v) is 7.03. The second-order valence-corrected chi connectivity index (χ2v) is 14.6. The number of hydrogen-bond donors (Lipinski definition) is 0. The molecule has 0 fully saturated rings. The Kier molecular flexibility index (Phi) is 5.13. The van der Waals surface area contributed by atoms with E-state index in [1.165, 1.54) is 21.9 Å². The molecule has 0 spiro atoms. The van der Waals surface area contributed by atoms with Gasteiger partial charge in [0.25, 0.3) is 0 Å². The van der Waals surface area contributed by atoms with Crippen molar-refractivity contribution in [3.8, 4) is 11.1 Å². The minimum absolute atomic E-state index is 0.517. The topological polar surface area (TPSA) is 39.9 Å². The molecule has 3 rings (SSSR count). The van der Waals surface area contributed by atoms with Gasteiger partial charge in [-0.05, 0) is 32.9 Å². The highest BCUT2D eigenvalue weighted by Gasteiger charge is 2.18. The quantitative estimate of drug-likeness (QED) is 0.429. The molecule has 0 radical (unpaired) electrons. The van der Waals surface area contributed by atoms with E-state index in [2.05, 4.69) is 58.6 Å². The molecule has 0 unspecified atom stereocenters. The fourth-order valence-corrected chi connectivity index (χ4v) is 4.61. The molecule has 6 heteroatoms. The van der Waals surface area contributed by atoms with Crippen molar-refractivity contribution in [2.24, 2.45) is 0 Å². The first-order chi connectivity index (χ1) is 11.8. The summed E-state index contributed by atoms with van der Waals surface area (Å²) < 4.78 is 9.10. The van der Waals surface area contributed by atoms with E-state index < -0.39 is 8.07 Å². The number of benzene rings is 1. The molecule has 0 saturated carbocycles. The third-order valence-electron chi connectivity index (χ3n) is 4.39. The Morgan fingerprint density at radius 3 is 2.64 bits per heavy atom. The molecule has 1 aromatic carbocycles. The summed E-state index contributed by atoms with van der Waals surface area (Å²) >= 11 is 1.74. The molecule has 134 valence electrons. The third kappa shape index (κ3) is 4.02. The van der Waals surface area contributed by atoms with Gasteiger partial charge in [-0.1, -0.05) is 31.8 Å². The molecule has 0 aliphatic heterocycles. The summed E-state index contributed by atoms with van der Waals surface area (Å²) in [5.74, 6) is 0. The summed E-state index contributed by atoms with van der Waals surface area (Å²) in [6.07, 6.45) is 0. The molecule has 0 atom stereocenters. The number of hydrogen-bond acceptors (Lipinski definition) is 4. The van der Waals surface area contributed by atoms with Crippen molar-refractivity contribution in [3.63, 3.8) is 0 Å². The van der Waals surface area contributed by atoms with Crippen LogP contribution in [0.15, 0.2) is 18.2 Å². The van der Waals surface area contributed by atoms with Crippen molar-refractivity contribution in [1.29, 1.82) is 0 Å². The van der Waals surface area contributed by atoms with Crippen LogP contribution >= 0.6 is 11.3 Å². The molecule has 0 aliphatic carbocycles. The first-order valence-electron chi connectivity index (χ1n) is 8.74. The van der Waals surface area contributed by atoms with Crippen molar-refractivity contribution in [2.75, 3.05) is 6.61 Å². The molecule has 4 nitrogen and oxygen atoms in total. The van der Waals surface area contributed by atoms with Crippen LogP contribution in [0.2, 0.25) is 25.7 Å². The van der Waals surface area contributed by atoms with Crippen LogP contribution in [0.25, 0.3) is 21.3 Å². The van der Waals surface area contributed by atoms with Crippen molar-refractivity contribution in [1.82, 2.24) is 14.8 Å². The maximum Gasteiger partial charge on any atom is 0.139 e. The lowest BCUT2D eigenvalue weighted by Gasteiger charge is -2.15. The predicted molar refractivity (Wildman–Crippen MR) is 109 cm³/mol. The van der Waals surface area contributed by atoms with Gasteiger partial charge in [-0.2, -0.15) is 5.10 Å². The van der Waals surface area contributed by atoms with Crippen molar-refractivity contribution in [3.05, 3.63) is 34.6 Å². The predicted octanol–water partition coefficient (Wildman–Crippen LogP) is 5.40. The molecule has 3 aromatic rings. The van der Waals surface area contributed by atoms with Crippen LogP contribution in [0, 0.1) is 20.8 Å². The smallest absolute Gasteiger partial charge is 0.139 e. The molecule has 2 aromatic heterocycles. The number of thiazole rings is 1. The lowest BCUT2D eigenvalue weighted by Crippen LogP contribution is -2.22. The van der Waals surface area contributed by atoms with E-state index in [1.807, 2.05) is 4.68 Å². The van der Waals surface area contributed by atoms with Gasteiger partial charge in [0, 0.05) is 31.5 Å². The second kappa shape index (κ2) is 7.01. The number of rotatable bonds is 6. The lowest BCUT2D eigenvalue weighted by atomic mass is 10.0. The van der Waals surface area contributed by atoms with Crippen molar-refractivity contribution >= 4 is 29.6 Å². The summed E-state index contributed by atoms with van der Waals surface area (Å²) in [5.41, 5.74) is 5.61. The molecule has 0 saturated heterocycles. The maximum atomic E-state index is 5.89. The van der Waals surface area contributed by atoms with Crippen LogP contribution < -0.4 is 0 Å². The van der Waals surface area contributed by atoms with Gasteiger partial charge in [0.2, 0.25) is 0 Å². The van der Waals surface area contributed by atoms with Gasteiger partial charge < -0.3 is 4.74 Å². The largest absolute Gasteiger partial charge is 0.360 e. The molecule has 0 aliphatic rings. The van der Waals surface area contributed by atoms with Crippen LogP contribution in [0.3, 0.4) is 0 Å². The zero-order valence-corrected chi connectivity index (χ0v) is 17.8. The minimum Gasteiger partial charge on any atom is -0.360 e. The molecule has 2 heterocycles. The summed E-state index contributed by atoms with van der Waals surface area (Å²) in [5, 5.41) is 5.81. The fourth-order valence-electron chi connectivity index (χ4n) is 3.00. The molecule has 25 heavy (non-hydrogen) atoms. The highest BCUT2D eigenvalue weighted by molar-refractivity contribution is 7.18. The monoisotopic (exact) mass is 373 g/mol. The Balaban J connectivity index is 1.87. The van der Waals surface area contributed by atoms with Crippen LogP contribution in [-0.4, -0.2) is 29.4 Å². The van der Waals surface area contributed by atoms with Gasteiger partial charge in [-0.25, -0.2) is 9.67 Å². The maximum absolute atomic E-state index is 5.89. The Morgan fingerprint density at radius 2 is 1.92 bits per heavy atom. The summed E-state index contributed by atoms with van der Waals surface area (Å²) in [6.45, 7) is 14.7. The van der Waals surface area contributed by atoms with Gasteiger partial charge >= 0.3 is 0 Å². The minimum atomic E-state index is -1.06. The molecular weight excluding hydrogens is 346 g/mol. The summed E-state index contributed by atoms with van der Waals surface area (Å²) in [6, 6.07) is 7.57. The Labute approximate surface area is 154 Å². The summed E-state index contributed by atoms with van der Waals surface area (Å²) in [7, 11) is -1.06. The van der Waals surface area contributed by atoms with Gasteiger partial charge in [0.15, 0.2) is 0 Å². The van der Waals surface area contributed by atoms with Crippen LogP contribution in [0.5, 0.6) is 0 Å². The number of aryl methyl sites for hydroxylation is 2. The van der Waals surface area contributed by atoms with E-state index in [-0.39, 0.29) is 0 Å². The molecular formula is C19H27N3OSSi. The molecule has 0 bridgehead atoms. The van der Waals surface area contributed by atoms with E-state index in [4.69, 9.17) is 14.8 Å². The van der Waals surface area contributed by atoms with E-state index in [0.717, 1.165) is 28.5 Å². The Hall–Kier alpha value is -1.50. The van der Waals surface area contributed by atoms with Crippen LogP contribution in [0.4, 0.5) is 0 Å². The highest BCUT2D eigenvalue weighted by Crippen LogP contribution is 2.34. The average molecular weight is 374 g/mol. The first kappa shape index (κ1) is 18.3. The molecule has 0 amide bonds. The fraction of sp³-hybridized carbons (Fsp3) is 0.474. The van der Waals surface area contributed by atoms with Gasteiger partial charge in [0.1, 0.15) is 6.73 Å². The van der Waals surface area contributed by atoms with Crippen molar-refractivity contribution in [2.45, 2.75) is 53.2 Å². The van der Waals surface area contributed by atoms with Crippen LogP contribution in [-0.2, 0) is 11.5 Å². The van der Waals surface area contributed by atoms with E-state index in [1.54, 1.807) is 11.3 Å². The van der Waals surface area contributed by atoms with E-state index in [9.17, 15) is 0 Å². The Morgan fingerprint density at radius 1 is 1.16 bits per heavy atom.